The Morgan fingerprint density at radius 1 is 1.40 bits per heavy atom. The van der Waals surface area contributed by atoms with Crippen LogP contribution in [-0.2, 0) is 0 Å². The first-order chi connectivity index (χ1) is 7.15. The molecule has 0 radical (unpaired) electrons. The molecular formula is C14H17N. The predicted octanol–water partition coefficient (Wildman–Crippen LogP) is 2.42. The second-order valence-corrected chi connectivity index (χ2v) is 4.47. The highest BCUT2D eigenvalue weighted by Crippen LogP contribution is 2.26. The van der Waals surface area contributed by atoms with Gasteiger partial charge in [-0.3, -0.25) is 0 Å². The average molecular weight is 199 g/mol. The van der Waals surface area contributed by atoms with Crippen LogP contribution in [0.1, 0.15) is 19.8 Å². The highest BCUT2D eigenvalue weighted by Gasteiger charge is 2.16. The van der Waals surface area contributed by atoms with Gasteiger partial charge in [0.25, 0.3) is 0 Å². The van der Waals surface area contributed by atoms with Crippen LogP contribution < -0.4 is 5.73 Å². The second-order valence-electron chi connectivity index (χ2n) is 4.47. The van der Waals surface area contributed by atoms with Crippen LogP contribution in [0.3, 0.4) is 0 Å². The maximum absolute atomic E-state index is 5.91. The van der Waals surface area contributed by atoms with Crippen molar-refractivity contribution in [3.63, 3.8) is 0 Å². The number of allylic oxidation sites excluding steroid dienone is 3. The fourth-order valence-electron chi connectivity index (χ4n) is 2.06. The summed E-state index contributed by atoms with van der Waals surface area (Å²) < 4.78 is 0. The summed E-state index contributed by atoms with van der Waals surface area (Å²) in [5, 5.41) is 0. The zero-order valence-corrected chi connectivity index (χ0v) is 9.16. The van der Waals surface area contributed by atoms with Gasteiger partial charge in [0.05, 0.1) is 0 Å². The van der Waals surface area contributed by atoms with Gasteiger partial charge in [0.15, 0.2) is 0 Å². The summed E-state index contributed by atoms with van der Waals surface area (Å²) in [5.41, 5.74) is 8.40. The Balaban J connectivity index is 2.36. The third kappa shape index (κ3) is 2.40. The summed E-state index contributed by atoms with van der Waals surface area (Å²) in [5.74, 6) is 7.25. The Labute approximate surface area is 91.7 Å². The molecule has 2 aliphatic rings. The summed E-state index contributed by atoms with van der Waals surface area (Å²) in [6.45, 7) is 6.11. The van der Waals surface area contributed by atoms with Gasteiger partial charge in [-0.1, -0.05) is 42.2 Å². The molecule has 78 valence electrons. The molecule has 1 nitrogen and oxygen atoms in total. The molecular weight excluding hydrogens is 182 g/mol. The molecule has 0 heterocycles. The zero-order chi connectivity index (χ0) is 10.8. The molecule has 2 rings (SSSR count). The third-order valence-corrected chi connectivity index (χ3v) is 2.91. The summed E-state index contributed by atoms with van der Waals surface area (Å²) >= 11 is 0. The van der Waals surface area contributed by atoms with Gasteiger partial charge < -0.3 is 5.73 Å². The van der Waals surface area contributed by atoms with Crippen LogP contribution in [0.15, 0.2) is 36.0 Å². The molecule has 1 heteroatoms. The van der Waals surface area contributed by atoms with E-state index in [4.69, 9.17) is 5.73 Å². The first-order valence-corrected chi connectivity index (χ1v) is 5.48. The topological polar surface area (TPSA) is 26.0 Å². The number of rotatable bonds is 1. The summed E-state index contributed by atoms with van der Waals surface area (Å²) in [4.78, 5) is 0. The summed E-state index contributed by atoms with van der Waals surface area (Å²) in [6, 6.07) is 0.0932. The van der Waals surface area contributed by atoms with Crippen LogP contribution in [-0.4, -0.2) is 6.04 Å². The summed E-state index contributed by atoms with van der Waals surface area (Å²) in [6.07, 6.45) is 8.48. The Morgan fingerprint density at radius 3 is 2.80 bits per heavy atom. The molecule has 3 atom stereocenters. The molecule has 0 aliphatic heterocycles. The third-order valence-electron chi connectivity index (χ3n) is 2.91. The van der Waals surface area contributed by atoms with Crippen molar-refractivity contribution in [2.24, 2.45) is 17.6 Å². The van der Waals surface area contributed by atoms with E-state index in [1.165, 1.54) is 11.1 Å². The van der Waals surface area contributed by atoms with Crippen LogP contribution >= 0.6 is 0 Å². The Morgan fingerprint density at radius 2 is 2.07 bits per heavy atom. The zero-order valence-electron chi connectivity index (χ0n) is 9.16. The molecule has 0 saturated heterocycles. The fraction of sp³-hybridized carbons (Fsp3) is 0.429. The van der Waals surface area contributed by atoms with E-state index in [0.717, 1.165) is 12.8 Å². The van der Waals surface area contributed by atoms with E-state index in [2.05, 4.69) is 36.6 Å². The number of nitrogens with two attached hydrogens (primary N) is 1. The fourth-order valence-corrected chi connectivity index (χ4v) is 2.06. The first kappa shape index (κ1) is 10.3. The number of hydrogen-bond donors (Lipinski definition) is 1. The number of fused-ring (bicyclic) bond motifs is 2. The highest BCUT2D eigenvalue weighted by atomic mass is 14.6. The molecule has 0 aromatic carbocycles. The van der Waals surface area contributed by atoms with Gasteiger partial charge in [-0.2, -0.15) is 0 Å². The monoisotopic (exact) mass is 199 g/mol. The van der Waals surface area contributed by atoms with Crippen LogP contribution in [0, 0.1) is 23.7 Å². The van der Waals surface area contributed by atoms with E-state index in [1.54, 1.807) is 0 Å². The lowest BCUT2D eigenvalue weighted by molar-refractivity contribution is 0.752. The van der Waals surface area contributed by atoms with E-state index in [0.29, 0.717) is 11.8 Å². The smallest absolute Gasteiger partial charge is 0.0426 e. The van der Waals surface area contributed by atoms with Crippen molar-refractivity contribution in [2.45, 2.75) is 25.8 Å². The molecule has 0 fully saturated rings. The Kier molecular flexibility index (Phi) is 2.79. The van der Waals surface area contributed by atoms with Gasteiger partial charge in [-0.25, -0.2) is 0 Å². The Hall–Kier alpha value is -1.26. The molecule has 2 aliphatic carbocycles. The minimum atomic E-state index is 0.0932. The van der Waals surface area contributed by atoms with Gasteiger partial charge >= 0.3 is 0 Å². The average Bonchev–Trinajstić information content (AvgIpc) is 2.25. The lowest BCUT2D eigenvalue weighted by atomic mass is 9.97. The van der Waals surface area contributed by atoms with Gasteiger partial charge in [-0.05, 0) is 25.3 Å². The minimum absolute atomic E-state index is 0.0932. The van der Waals surface area contributed by atoms with E-state index >= 15 is 0 Å². The van der Waals surface area contributed by atoms with Gasteiger partial charge in [0, 0.05) is 17.9 Å². The highest BCUT2D eigenvalue weighted by molar-refractivity contribution is 5.35. The molecule has 0 aromatic heterocycles. The molecule has 0 aromatic rings. The SMILES string of the molecule is C=C1CC2C#CC(/C=C(/C(C)N)C=C2)C1. The van der Waals surface area contributed by atoms with Gasteiger partial charge in [0.1, 0.15) is 0 Å². The molecule has 2 bridgehead atoms. The van der Waals surface area contributed by atoms with Crippen molar-refractivity contribution in [1.29, 1.82) is 0 Å². The van der Waals surface area contributed by atoms with Crippen molar-refractivity contribution in [3.05, 3.63) is 36.0 Å². The predicted molar refractivity (Wildman–Crippen MR) is 64.0 cm³/mol. The largest absolute Gasteiger partial charge is 0.324 e. The lowest BCUT2D eigenvalue weighted by Gasteiger charge is -2.11. The van der Waals surface area contributed by atoms with Crippen molar-refractivity contribution in [2.75, 3.05) is 0 Å². The maximum atomic E-state index is 5.91. The van der Waals surface area contributed by atoms with Crippen molar-refractivity contribution in [3.8, 4) is 11.8 Å². The van der Waals surface area contributed by atoms with Crippen LogP contribution in [0.2, 0.25) is 0 Å². The Bertz CT molecular complexity index is 387. The second kappa shape index (κ2) is 4.08. The van der Waals surface area contributed by atoms with Gasteiger partial charge in [0.2, 0.25) is 0 Å². The van der Waals surface area contributed by atoms with E-state index in [-0.39, 0.29) is 6.04 Å². The minimum Gasteiger partial charge on any atom is -0.324 e. The molecule has 0 saturated carbocycles. The lowest BCUT2D eigenvalue weighted by Crippen LogP contribution is -2.18. The first-order valence-electron chi connectivity index (χ1n) is 5.48. The molecule has 0 spiro atoms. The van der Waals surface area contributed by atoms with E-state index in [9.17, 15) is 0 Å². The molecule has 2 N–H and O–H groups in total. The van der Waals surface area contributed by atoms with Crippen molar-refractivity contribution in [1.82, 2.24) is 0 Å². The number of hydrogen-bond acceptors (Lipinski definition) is 1. The van der Waals surface area contributed by atoms with E-state index in [1.807, 2.05) is 6.92 Å². The standard InChI is InChI=1S/C14H17N/c1-10-7-12-3-4-13(8-10)9-14(6-5-12)11(2)15/h5-6,9,11-13H,1,7-8,15H2,2H3/b6-5?,14-9+. The van der Waals surface area contributed by atoms with E-state index < -0.39 is 0 Å². The van der Waals surface area contributed by atoms with Gasteiger partial charge in [-0.15, -0.1) is 0 Å². The van der Waals surface area contributed by atoms with Crippen molar-refractivity contribution >= 4 is 0 Å². The van der Waals surface area contributed by atoms with Crippen LogP contribution in [0.25, 0.3) is 0 Å². The quantitative estimate of drug-likeness (QED) is 0.509. The molecule has 15 heavy (non-hydrogen) atoms. The molecule has 0 amide bonds. The maximum Gasteiger partial charge on any atom is 0.0426 e. The normalized spacial score (nSPS) is 34.3. The van der Waals surface area contributed by atoms with Crippen LogP contribution in [0.5, 0.6) is 0 Å². The summed E-state index contributed by atoms with van der Waals surface area (Å²) in [7, 11) is 0. The molecule has 3 unspecified atom stereocenters. The van der Waals surface area contributed by atoms with Crippen molar-refractivity contribution < 1.29 is 0 Å². The van der Waals surface area contributed by atoms with Crippen LogP contribution in [0.4, 0.5) is 0 Å².